The summed E-state index contributed by atoms with van der Waals surface area (Å²) in [5.74, 6) is 1.71. The summed E-state index contributed by atoms with van der Waals surface area (Å²) in [5.41, 5.74) is 2.77. The average molecular weight is 408 g/mol. The van der Waals surface area contributed by atoms with E-state index in [-0.39, 0.29) is 10.8 Å². The monoisotopic (exact) mass is 407 g/mol. The van der Waals surface area contributed by atoms with E-state index in [4.69, 9.17) is 11.6 Å². The SMILES string of the molecule is O=C(NCCCc1ccccc1)C12CC3CC(C1)CC(c1ccc(Cl)cc1)(C3)C2. The van der Waals surface area contributed by atoms with Gasteiger partial charge in [-0.3, -0.25) is 4.79 Å². The topological polar surface area (TPSA) is 29.1 Å². The van der Waals surface area contributed by atoms with Gasteiger partial charge < -0.3 is 5.32 Å². The van der Waals surface area contributed by atoms with Gasteiger partial charge in [-0.1, -0.05) is 54.1 Å². The van der Waals surface area contributed by atoms with Crippen LogP contribution in [0.4, 0.5) is 0 Å². The van der Waals surface area contributed by atoms with Crippen molar-refractivity contribution in [3.8, 4) is 0 Å². The molecule has 0 aliphatic heterocycles. The first kappa shape index (κ1) is 19.2. The predicted octanol–water partition coefficient (Wildman–Crippen LogP) is 5.93. The molecule has 1 N–H and O–H groups in total. The highest BCUT2D eigenvalue weighted by Gasteiger charge is 2.60. The van der Waals surface area contributed by atoms with Gasteiger partial charge in [0.2, 0.25) is 5.91 Å². The smallest absolute Gasteiger partial charge is 0.226 e. The van der Waals surface area contributed by atoms with Crippen LogP contribution in [0.25, 0.3) is 0 Å². The standard InChI is InChI=1S/C26H30ClNO/c27-23-10-8-22(9-11-23)25-14-20-13-21(15-25)17-26(16-20,18-25)24(29)28-12-4-7-19-5-2-1-3-6-19/h1-3,5-6,8-11,20-21H,4,7,12-18H2,(H,28,29). The van der Waals surface area contributed by atoms with E-state index < -0.39 is 0 Å². The van der Waals surface area contributed by atoms with Gasteiger partial charge in [0.25, 0.3) is 0 Å². The molecule has 3 heteroatoms. The third kappa shape index (κ3) is 3.61. The number of carbonyl (C=O) groups is 1. The summed E-state index contributed by atoms with van der Waals surface area (Å²) in [7, 11) is 0. The highest BCUT2D eigenvalue weighted by molar-refractivity contribution is 6.30. The van der Waals surface area contributed by atoms with Gasteiger partial charge in [0.05, 0.1) is 5.41 Å². The molecule has 0 saturated heterocycles. The lowest BCUT2D eigenvalue weighted by atomic mass is 9.42. The normalized spacial score (nSPS) is 32.3. The first-order valence-corrected chi connectivity index (χ1v) is 11.5. The number of amides is 1. The summed E-state index contributed by atoms with van der Waals surface area (Å²) < 4.78 is 0. The first-order valence-electron chi connectivity index (χ1n) is 11.2. The third-order valence-corrected chi connectivity index (χ3v) is 8.02. The summed E-state index contributed by atoms with van der Waals surface area (Å²) in [5, 5.41) is 4.12. The first-order chi connectivity index (χ1) is 14.1. The highest BCUT2D eigenvalue weighted by atomic mass is 35.5. The molecule has 4 aliphatic carbocycles. The summed E-state index contributed by atoms with van der Waals surface area (Å²) in [4.78, 5) is 13.4. The number of benzene rings is 2. The Hall–Kier alpha value is -1.80. The summed E-state index contributed by atoms with van der Waals surface area (Å²) >= 11 is 6.15. The van der Waals surface area contributed by atoms with Crippen molar-refractivity contribution in [1.82, 2.24) is 5.32 Å². The van der Waals surface area contributed by atoms with Crippen LogP contribution < -0.4 is 5.32 Å². The van der Waals surface area contributed by atoms with Crippen LogP contribution in [0.2, 0.25) is 5.02 Å². The van der Waals surface area contributed by atoms with E-state index in [2.05, 4.69) is 47.8 Å². The van der Waals surface area contributed by atoms with Gasteiger partial charge in [-0.05, 0) is 91.9 Å². The largest absolute Gasteiger partial charge is 0.356 e. The molecule has 1 amide bonds. The second-order valence-electron chi connectivity index (χ2n) is 9.87. The molecule has 2 unspecified atom stereocenters. The third-order valence-electron chi connectivity index (χ3n) is 7.77. The van der Waals surface area contributed by atoms with E-state index in [0.29, 0.717) is 17.7 Å². The molecule has 0 spiro atoms. The van der Waals surface area contributed by atoms with Gasteiger partial charge in [0.1, 0.15) is 0 Å². The van der Waals surface area contributed by atoms with Crippen molar-refractivity contribution in [3.05, 3.63) is 70.7 Å². The molecule has 2 aromatic carbocycles. The Kier molecular flexibility index (Phi) is 4.94. The maximum absolute atomic E-state index is 13.4. The Labute approximate surface area is 179 Å². The highest BCUT2D eigenvalue weighted by Crippen LogP contribution is 2.65. The van der Waals surface area contributed by atoms with E-state index in [0.717, 1.165) is 43.7 Å². The van der Waals surface area contributed by atoms with Gasteiger partial charge >= 0.3 is 0 Å². The molecule has 6 rings (SSSR count). The molecule has 0 aromatic heterocycles. The number of carbonyl (C=O) groups excluding carboxylic acids is 1. The van der Waals surface area contributed by atoms with E-state index in [1.54, 1.807) is 0 Å². The van der Waals surface area contributed by atoms with Crippen LogP contribution in [0.15, 0.2) is 54.6 Å². The molecule has 2 nitrogen and oxygen atoms in total. The minimum atomic E-state index is -0.156. The average Bonchev–Trinajstić information content (AvgIpc) is 2.71. The minimum Gasteiger partial charge on any atom is -0.356 e. The maximum Gasteiger partial charge on any atom is 0.226 e. The number of nitrogens with one attached hydrogen (secondary N) is 1. The zero-order chi connectivity index (χ0) is 19.9. The van der Waals surface area contributed by atoms with Crippen LogP contribution in [-0.4, -0.2) is 12.5 Å². The Morgan fingerprint density at radius 1 is 0.966 bits per heavy atom. The molecular weight excluding hydrogens is 378 g/mol. The number of aryl methyl sites for hydroxylation is 1. The molecule has 0 heterocycles. The van der Waals surface area contributed by atoms with Crippen LogP contribution in [0, 0.1) is 17.3 Å². The Morgan fingerprint density at radius 2 is 1.66 bits per heavy atom. The van der Waals surface area contributed by atoms with Crippen molar-refractivity contribution >= 4 is 17.5 Å². The lowest BCUT2D eigenvalue weighted by Crippen LogP contribution is -2.59. The number of rotatable bonds is 6. The van der Waals surface area contributed by atoms with Crippen molar-refractivity contribution in [1.29, 1.82) is 0 Å². The zero-order valence-electron chi connectivity index (χ0n) is 17.0. The lowest BCUT2D eigenvalue weighted by molar-refractivity contribution is -0.149. The summed E-state index contributed by atoms with van der Waals surface area (Å²) in [6.07, 6.45) is 9.02. The van der Waals surface area contributed by atoms with Crippen molar-refractivity contribution in [2.75, 3.05) is 6.54 Å². The molecule has 2 atom stereocenters. The van der Waals surface area contributed by atoms with Crippen LogP contribution in [0.5, 0.6) is 0 Å². The van der Waals surface area contributed by atoms with E-state index in [9.17, 15) is 4.79 Å². The van der Waals surface area contributed by atoms with Gasteiger partial charge in [0, 0.05) is 11.6 Å². The van der Waals surface area contributed by atoms with Gasteiger partial charge in [-0.25, -0.2) is 0 Å². The fourth-order valence-corrected chi connectivity index (χ4v) is 7.12. The molecule has 0 radical (unpaired) electrons. The minimum absolute atomic E-state index is 0.156. The molecule has 4 bridgehead atoms. The molecule has 4 aliphatic rings. The number of halogens is 1. The molecule has 2 aromatic rings. The quantitative estimate of drug-likeness (QED) is 0.591. The Balaban J connectivity index is 1.28. The van der Waals surface area contributed by atoms with E-state index >= 15 is 0 Å². The van der Waals surface area contributed by atoms with Crippen LogP contribution in [-0.2, 0) is 16.6 Å². The molecule has 29 heavy (non-hydrogen) atoms. The molecule has 4 saturated carbocycles. The fraction of sp³-hybridized carbons (Fsp3) is 0.500. The lowest BCUT2D eigenvalue weighted by Gasteiger charge is -2.61. The molecular formula is C26H30ClNO. The maximum atomic E-state index is 13.4. The van der Waals surface area contributed by atoms with E-state index in [1.165, 1.54) is 30.4 Å². The second-order valence-corrected chi connectivity index (χ2v) is 10.3. The predicted molar refractivity (Wildman–Crippen MR) is 118 cm³/mol. The summed E-state index contributed by atoms with van der Waals surface area (Å²) in [6.45, 7) is 0.777. The number of hydrogen-bond acceptors (Lipinski definition) is 1. The van der Waals surface area contributed by atoms with Gasteiger partial charge in [-0.15, -0.1) is 0 Å². The van der Waals surface area contributed by atoms with Gasteiger partial charge in [-0.2, -0.15) is 0 Å². The van der Waals surface area contributed by atoms with Crippen molar-refractivity contribution in [3.63, 3.8) is 0 Å². The zero-order valence-corrected chi connectivity index (χ0v) is 17.8. The van der Waals surface area contributed by atoms with E-state index in [1.807, 2.05) is 12.1 Å². The Bertz CT molecular complexity index is 861. The van der Waals surface area contributed by atoms with Crippen molar-refractivity contribution in [2.24, 2.45) is 17.3 Å². The van der Waals surface area contributed by atoms with Crippen molar-refractivity contribution < 1.29 is 4.79 Å². The van der Waals surface area contributed by atoms with Crippen LogP contribution >= 0.6 is 11.6 Å². The number of hydrogen-bond donors (Lipinski definition) is 1. The van der Waals surface area contributed by atoms with Crippen molar-refractivity contribution in [2.45, 2.75) is 56.8 Å². The van der Waals surface area contributed by atoms with Crippen LogP contribution in [0.1, 0.15) is 56.1 Å². The molecule has 152 valence electrons. The summed E-state index contributed by atoms with van der Waals surface area (Å²) in [6, 6.07) is 19.0. The second kappa shape index (κ2) is 7.47. The van der Waals surface area contributed by atoms with Crippen LogP contribution in [0.3, 0.4) is 0 Å². The molecule has 4 fully saturated rings. The van der Waals surface area contributed by atoms with Gasteiger partial charge in [0.15, 0.2) is 0 Å². The fourth-order valence-electron chi connectivity index (χ4n) is 7.00. The Morgan fingerprint density at radius 3 is 2.34 bits per heavy atom.